The van der Waals surface area contributed by atoms with Gasteiger partial charge in [0.2, 0.25) is 0 Å². The zero-order valence-electron chi connectivity index (χ0n) is 19.7. The van der Waals surface area contributed by atoms with Crippen LogP contribution in [0.2, 0.25) is 0 Å². The van der Waals surface area contributed by atoms with Gasteiger partial charge in [0.1, 0.15) is 5.82 Å². The van der Waals surface area contributed by atoms with Gasteiger partial charge in [-0.3, -0.25) is 4.79 Å². The summed E-state index contributed by atoms with van der Waals surface area (Å²) in [5.74, 6) is 3.82. The van der Waals surface area contributed by atoms with E-state index in [-0.39, 0.29) is 11.9 Å². The number of rotatable bonds is 7. The quantitative estimate of drug-likeness (QED) is 0.453. The van der Waals surface area contributed by atoms with Crippen LogP contribution in [0.15, 0.2) is 54.6 Å². The van der Waals surface area contributed by atoms with Gasteiger partial charge in [0.15, 0.2) is 0 Å². The average molecular weight is 442 g/mol. The van der Waals surface area contributed by atoms with Gasteiger partial charge in [-0.1, -0.05) is 43.7 Å². The number of nitrogens with one attached hydrogen (secondary N) is 1. The van der Waals surface area contributed by atoms with Crippen LogP contribution in [0.1, 0.15) is 80.5 Å². The molecule has 0 radical (unpaired) electrons. The van der Waals surface area contributed by atoms with Crippen LogP contribution in [0.3, 0.4) is 0 Å². The summed E-state index contributed by atoms with van der Waals surface area (Å²) in [6.45, 7) is 3.24. The lowest BCUT2D eigenvalue weighted by molar-refractivity contribution is -0.0618. The predicted molar refractivity (Wildman–Crippen MR) is 132 cm³/mol. The largest absolute Gasteiger partial charge is 0.342 e. The van der Waals surface area contributed by atoms with Crippen LogP contribution >= 0.6 is 0 Å². The molecule has 33 heavy (non-hydrogen) atoms. The molecule has 0 aliphatic heterocycles. The van der Waals surface area contributed by atoms with Gasteiger partial charge in [-0.25, -0.2) is 4.98 Å². The number of aromatic nitrogens is 2. The number of nitrogens with zero attached hydrogens (tertiary/aromatic N) is 2. The van der Waals surface area contributed by atoms with E-state index in [4.69, 9.17) is 4.98 Å². The lowest BCUT2D eigenvalue weighted by Gasteiger charge is -2.57. The van der Waals surface area contributed by atoms with Gasteiger partial charge in [-0.15, -0.1) is 0 Å². The number of fused-ring (bicyclic) bond motifs is 1. The molecule has 4 saturated carbocycles. The highest BCUT2D eigenvalue weighted by atomic mass is 16.1. The predicted octanol–water partition coefficient (Wildman–Crippen LogP) is 6.52. The summed E-state index contributed by atoms with van der Waals surface area (Å²) in [5, 5.41) is 3.34. The van der Waals surface area contributed by atoms with E-state index < -0.39 is 0 Å². The molecule has 0 spiro atoms. The molecule has 0 saturated heterocycles. The van der Waals surface area contributed by atoms with Crippen molar-refractivity contribution in [2.45, 2.75) is 70.9 Å². The highest BCUT2D eigenvalue weighted by Crippen LogP contribution is 2.60. The molecule has 4 fully saturated rings. The molecule has 1 heterocycles. The summed E-state index contributed by atoms with van der Waals surface area (Å²) in [4.78, 5) is 18.2. The number of imidazole rings is 1. The molecule has 172 valence electrons. The van der Waals surface area contributed by atoms with Crippen molar-refractivity contribution < 1.29 is 4.79 Å². The fourth-order valence-electron chi connectivity index (χ4n) is 7.73. The number of carbonyl (C=O) groups excluding carboxylic acids is 1. The van der Waals surface area contributed by atoms with Crippen molar-refractivity contribution in [1.29, 1.82) is 0 Å². The van der Waals surface area contributed by atoms with Crippen molar-refractivity contribution in [3.8, 4) is 0 Å². The monoisotopic (exact) mass is 441 g/mol. The topological polar surface area (TPSA) is 46.9 Å². The lowest BCUT2D eigenvalue weighted by atomic mass is 9.49. The highest BCUT2D eigenvalue weighted by molar-refractivity contribution is 5.94. The molecule has 4 aliphatic carbocycles. The van der Waals surface area contributed by atoms with Gasteiger partial charge in [0, 0.05) is 12.1 Å². The lowest BCUT2D eigenvalue weighted by Crippen LogP contribution is -2.48. The Balaban J connectivity index is 1.37. The molecule has 1 N–H and O–H groups in total. The maximum atomic E-state index is 13.1. The van der Waals surface area contributed by atoms with Crippen LogP contribution in [-0.2, 0) is 6.54 Å². The van der Waals surface area contributed by atoms with E-state index in [1.165, 1.54) is 44.0 Å². The first-order valence-electron chi connectivity index (χ1n) is 12.9. The van der Waals surface area contributed by atoms with Crippen molar-refractivity contribution in [3.05, 3.63) is 66.0 Å². The van der Waals surface area contributed by atoms with E-state index >= 15 is 0 Å². The van der Waals surface area contributed by atoms with Gasteiger partial charge < -0.3 is 9.88 Å². The van der Waals surface area contributed by atoms with Crippen LogP contribution in [0.5, 0.6) is 0 Å². The summed E-state index contributed by atoms with van der Waals surface area (Å²) in [7, 11) is 0. The van der Waals surface area contributed by atoms with Crippen molar-refractivity contribution in [1.82, 2.24) is 14.9 Å². The second kappa shape index (κ2) is 8.30. The van der Waals surface area contributed by atoms with Gasteiger partial charge in [-0.2, -0.15) is 0 Å². The van der Waals surface area contributed by atoms with E-state index in [9.17, 15) is 4.79 Å². The number of amides is 1. The van der Waals surface area contributed by atoms with E-state index in [0.717, 1.165) is 48.5 Å². The maximum absolute atomic E-state index is 13.1. The first-order chi connectivity index (χ1) is 16.1. The standard InChI is InChI=1S/C29H35N3O/c1-2-8-25(31-28(33)23-9-4-3-5-10-23)27-30-24-11-6-7-12-26(24)32(27)19-29-16-20-13-21(17-29)15-22(14-20)18-29/h3-7,9-12,20-22,25H,2,8,13-19H2,1H3,(H,31,33)/t20?,21?,22?,25-,29?/m0/s1. The minimum absolute atomic E-state index is 0.0116. The average Bonchev–Trinajstić information content (AvgIpc) is 3.16. The Morgan fingerprint density at radius 3 is 2.30 bits per heavy atom. The van der Waals surface area contributed by atoms with Gasteiger partial charge >= 0.3 is 0 Å². The molecule has 4 nitrogen and oxygen atoms in total. The first kappa shape index (κ1) is 20.9. The Morgan fingerprint density at radius 2 is 1.64 bits per heavy atom. The molecule has 4 heteroatoms. The van der Waals surface area contributed by atoms with Crippen molar-refractivity contribution in [3.63, 3.8) is 0 Å². The smallest absolute Gasteiger partial charge is 0.251 e. The van der Waals surface area contributed by atoms with Gasteiger partial charge in [0.05, 0.1) is 17.1 Å². The Kier molecular flexibility index (Phi) is 5.27. The van der Waals surface area contributed by atoms with Crippen molar-refractivity contribution >= 4 is 16.9 Å². The zero-order valence-corrected chi connectivity index (χ0v) is 19.7. The normalized spacial score (nSPS) is 28.8. The van der Waals surface area contributed by atoms with Crippen LogP contribution in [0.25, 0.3) is 11.0 Å². The molecule has 2 aromatic carbocycles. The van der Waals surface area contributed by atoms with E-state index in [1.54, 1.807) is 0 Å². The summed E-state index contributed by atoms with van der Waals surface area (Å²) < 4.78 is 2.49. The van der Waals surface area contributed by atoms with Gasteiger partial charge in [-0.05, 0) is 92.4 Å². The Morgan fingerprint density at radius 1 is 1.00 bits per heavy atom. The number of benzene rings is 2. The molecular formula is C29H35N3O. The molecule has 7 rings (SSSR count). The van der Waals surface area contributed by atoms with Crippen LogP contribution < -0.4 is 5.32 Å². The van der Waals surface area contributed by atoms with Crippen LogP contribution in [0.4, 0.5) is 0 Å². The van der Waals surface area contributed by atoms with Crippen LogP contribution in [0, 0.1) is 23.2 Å². The summed E-state index contributed by atoms with van der Waals surface area (Å²) in [6.07, 6.45) is 10.4. The molecule has 3 aromatic rings. The third kappa shape index (κ3) is 3.88. The second-order valence-electron chi connectivity index (χ2n) is 11.1. The molecule has 1 amide bonds. The molecule has 4 bridgehead atoms. The fraction of sp³-hybridized carbons (Fsp3) is 0.517. The number of hydrogen-bond acceptors (Lipinski definition) is 2. The Labute approximate surface area is 196 Å². The van der Waals surface area contributed by atoms with Crippen molar-refractivity contribution in [2.75, 3.05) is 0 Å². The van der Waals surface area contributed by atoms with E-state index in [0.29, 0.717) is 11.0 Å². The second-order valence-corrected chi connectivity index (χ2v) is 11.1. The Hall–Kier alpha value is -2.62. The summed E-state index contributed by atoms with van der Waals surface area (Å²) in [5.41, 5.74) is 3.39. The molecule has 1 atom stereocenters. The fourth-order valence-corrected chi connectivity index (χ4v) is 7.73. The SMILES string of the molecule is CCC[C@H](NC(=O)c1ccccc1)c1nc2ccccc2n1CC12CC3CC(CC(C3)C1)C2. The molecule has 4 aliphatic rings. The number of carbonyl (C=O) groups is 1. The summed E-state index contributed by atoms with van der Waals surface area (Å²) in [6, 6.07) is 18.0. The first-order valence-corrected chi connectivity index (χ1v) is 12.9. The van der Waals surface area contributed by atoms with Crippen LogP contribution in [-0.4, -0.2) is 15.5 Å². The van der Waals surface area contributed by atoms with Gasteiger partial charge in [0.25, 0.3) is 5.91 Å². The van der Waals surface area contributed by atoms with Crippen molar-refractivity contribution in [2.24, 2.45) is 23.2 Å². The Bertz CT molecular complexity index is 1110. The third-order valence-corrected chi connectivity index (χ3v) is 8.57. The summed E-state index contributed by atoms with van der Waals surface area (Å²) >= 11 is 0. The zero-order chi connectivity index (χ0) is 22.4. The number of para-hydroxylation sites is 2. The maximum Gasteiger partial charge on any atom is 0.251 e. The molecule has 1 aromatic heterocycles. The van der Waals surface area contributed by atoms with E-state index in [1.807, 2.05) is 30.3 Å². The number of hydrogen-bond donors (Lipinski definition) is 1. The third-order valence-electron chi connectivity index (χ3n) is 8.57. The van der Waals surface area contributed by atoms with E-state index in [2.05, 4.69) is 41.1 Å². The highest BCUT2D eigenvalue weighted by Gasteiger charge is 2.51. The molecule has 0 unspecified atom stereocenters. The minimum Gasteiger partial charge on any atom is -0.342 e. The minimum atomic E-state index is -0.0796. The molecular weight excluding hydrogens is 406 g/mol.